The Bertz CT molecular complexity index is 703. The Morgan fingerprint density at radius 2 is 2.05 bits per heavy atom. The van der Waals surface area contributed by atoms with Gasteiger partial charge in [-0.25, -0.2) is 0 Å². The van der Waals surface area contributed by atoms with E-state index in [9.17, 15) is 4.79 Å². The van der Waals surface area contributed by atoms with Crippen LogP contribution in [0.3, 0.4) is 0 Å². The molecule has 0 spiro atoms. The fraction of sp³-hybridized carbons (Fsp3) is 0.0625. The lowest BCUT2D eigenvalue weighted by molar-refractivity contribution is 0.100. The smallest absolute Gasteiger partial charge is 0.248 e. The maximum atomic E-state index is 10.8. The number of aromatic amines is 1. The number of nitrogens with two attached hydrogens (primary N) is 1. The molecule has 0 aliphatic carbocycles. The number of amides is 1. The molecule has 0 saturated carbocycles. The molecule has 0 aliphatic rings. The van der Waals surface area contributed by atoms with Crippen LogP contribution in [-0.2, 0) is 6.42 Å². The predicted octanol–water partition coefficient (Wildman–Crippen LogP) is 3.05. The fourth-order valence-electron chi connectivity index (χ4n) is 1.72. The van der Waals surface area contributed by atoms with Crippen molar-refractivity contribution in [3.63, 3.8) is 0 Å². The average Bonchev–Trinajstić information content (AvgIpc) is 3.22. The van der Waals surface area contributed by atoms with E-state index in [0.717, 1.165) is 23.4 Å². The molecule has 22 heavy (non-hydrogen) atoms. The SMILES string of the molecule is C=CCc1ccsn1.NC(=O)c1ccc(-c2ccn[nH]2)cc1. The third-order valence-electron chi connectivity index (χ3n) is 2.83. The number of nitrogens with one attached hydrogen (secondary N) is 1. The Morgan fingerprint density at radius 1 is 1.27 bits per heavy atom. The summed E-state index contributed by atoms with van der Waals surface area (Å²) in [6, 6.07) is 10.9. The van der Waals surface area contributed by atoms with E-state index >= 15 is 0 Å². The molecule has 3 N–H and O–H groups in total. The van der Waals surface area contributed by atoms with E-state index in [4.69, 9.17) is 5.73 Å². The third-order valence-corrected chi connectivity index (χ3v) is 3.42. The Morgan fingerprint density at radius 3 is 2.55 bits per heavy atom. The zero-order valence-electron chi connectivity index (χ0n) is 11.9. The van der Waals surface area contributed by atoms with Gasteiger partial charge < -0.3 is 5.73 Å². The van der Waals surface area contributed by atoms with Crippen LogP contribution in [0.5, 0.6) is 0 Å². The van der Waals surface area contributed by atoms with E-state index in [2.05, 4.69) is 21.1 Å². The first-order chi connectivity index (χ1) is 10.7. The summed E-state index contributed by atoms with van der Waals surface area (Å²) >= 11 is 1.48. The van der Waals surface area contributed by atoms with Gasteiger partial charge in [0.25, 0.3) is 0 Å². The molecule has 0 fully saturated rings. The molecule has 0 saturated heterocycles. The first kappa shape index (κ1) is 15.7. The zero-order valence-corrected chi connectivity index (χ0v) is 12.7. The van der Waals surface area contributed by atoms with Gasteiger partial charge in [0.05, 0.1) is 11.4 Å². The topological polar surface area (TPSA) is 84.7 Å². The number of hydrogen-bond acceptors (Lipinski definition) is 4. The molecule has 3 rings (SSSR count). The molecule has 2 aromatic heterocycles. The highest BCUT2D eigenvalue weighted by molar-refractivity contribution is 7.03. The molecule has 1 amide bonds. The monoisotopic (exact) mass is 312 g/mol. The van der Waals surface area contributed by atoms with Crippen LogP contribution in [0.2, 0.25) is 0 Å². The lowest BCUT2D eigenvalue weighted by Gasteiger charge is -1.98. The van der Waals surface area contributed by atoms with Gasteiger partial charge >= 0.3 is 0 Å². The van der Waals surface area contributed by atoms with E-state index in [1.807, 2.05) is 35.7 Å². The lowest BCUT2D eigenvalue weighted by atomic mass is 10.1. The number of aromatic nitrogens is 3. The van der Waals surface area contributed by atoms with Crippen LogP contribution in [0.15, 0.2) is 60.6 Å². The minimum atomic E-state index is -0.416. The van der Waals surface area contributed by atoms with Crippen molar-refractivity contribution in [3.8, 4) is 11.3 Å². The number of H-pyrrole nitrogens is 1. The van der Waals surface area contributed by atoms with Crippen molar-refractivity contribution in [2.24, 2.45) is 5.73 Å². The lowest BCUT2D eigenvalue weighted by Crippen LogP contribution is -2.10. The molecular formula is C16H16N4OS. The quantitative estimate of drug-likeness (QED) is 0.726. The first-order valence-electron chi connectivity index (χ1n) is 6.60. The van der Waals surface area contributed by atoms with Crippen LogP contribution in [-0.4, -0.2) is 20.5 Å². The number of carbonyl (C=O) groups excluding carboxylic acids is 1. The highest BCUT2D eigenvalue weighted by Gasteiger charge is 2.01. The highest BCUT2D eigenvalue weighted by atomic mass is 32.1. The van der Waals surface area contributed by atoms with E-state index in [1.54, 1.807) is 18.3 Å². The van der Waals surface area contributed by atoms with Crippen molar-refractivity contribution in [1.82, 2.24) is 14.6 Å². The second-order valence-electron chi connectivity index (χ2n) is 4.40. The van der Waals surface area contributed by atoms with Gasteiger partial charge in [0.1, 0.15) is 0 Å². The van der Waals surface area contributed by atoms with Crippen LogP contribution in [0.4, 0.5) is 0 Å². The number of nitrogens with zero attached hydrogens (tertiary/aromatic N) is 2. The Kier molecular flexibility index (Phi) is 5.62. The van der Waals surface area contributed by atoms with Gasteiger partial charge in [0, 0.05) is 23.6 Å². The Balaban J connectivity index is 0.000000188. The van der Waals surface area contributed by atoms with Crippen molar-refractivity contribution < 1.29 is 4.79 Å². The van der Waals surface area contributed by atoms with Crippen LogP contribution < -0.4 is 5.73 Å². The summed E-state index contributed by atoms with van der Waals surface area (Å²) < 4.78 is 4.08. The van der Waals surface area contributed by atoms with Gasteiger partial charge in [-0.1, -0.05) is 18.2 Å². The summed E-state index contributed by atoms with van der Waals surface area (Å²) in [5.74, 6) is -0.416. The zero-order chi connectivity index (χ0) is 15.8. The van der Waals surface area contributed by atoms with Crippen LogP contribution in [0.1, 0.15) is 16.1 Å². The number of benzene rings is 1. The normalized spacial score (nSPS) is 9.64. The Labute approximate surface area is 132 Å². The van der Waals surface area contributed by atoms with Crippen molar-refractivity contribution in [1.29, 1.82) is 0 Å². The van der Waals surface area contributed by atoms with Gasteiger partial charge in [0.2, 0.25) is 5.91 Å². The van der Waals surface area contributed by atoms with Gasteiger partial charge in [-0.05, 0) is 41.4 Å². The molecule has 0 aliphatic heterocycles. The molecule has 0 atom stereocenters. The first-order valence-corrected chi connectivity index (χ1v) is 7.44. The number of rotatable bonds is 4. The molecule has 0 bridgehead atoms. The second kappa shape index (κ2) is 7.90. The van der Waals surface area contributed by atoms with Crippen LogP contribution in [0.25, 0.3) is 11.3 Å². The molecule has 0 unspecified atom stereocenters. The van der Waals surface area contributed by atoms with E-state index < -0.39 is 5.91 Å². The molecule has 3 aromatic rings. The van der Waals surface area contributed by atoms with Crippen molar-refractivity contribution >= 4 is 17.4 Å². The second-order valence-corrected chi connectivity index (χ2v) is 5.06. The summed E-state index contributed by atoms with van der Waals surface area (Å²) in [5, 5.41) is 8.65. The molecule has 2 heterocycles. The fourth-order valence-corrected chi connectivity index (χ4v) is 2.27. The molecular weight excluding hydrogens is 296 g/mol. The molecule has 112 valence electrons. The van der Waals surface area contributed by atoms with E-state index in [1.165, 1.54) is 11.5 Å². The van der Waals surface area contributed by atoms with Gasteiger partial charge in [-0.15, -0.1) is 6.58 Å². The maximum absolute atomic E-state index is 10.8. The molecule has 6 heteroatoms. The summed E-state index contributed by atoms with van der Waals surface area (Å²) in [6.07, 6.45) is 4.43. The van der Waals surface area contributed by atoms with Crippen molar-refractivity contribution in [2.45, 2.75) is 6.42 Å². The summed E-state index contributed by atoms with van der Waals surface area (Å²) in [4.78, 5) is 10.8. The number of primary amides is 1. The average molecular weight is 312 g/mol. The minimum Gasteiger partial charge on any atom is -0.366 e. The highest BCUT2D eigenvalue weighted by Crippen LogP contribution is 2.16. The largest absolute Gasteiger partial charge is 0.366 e. The standard InChI is InChI=1S/C10H9N3O.C6H7NS/c11-10(14)8-3-1-7(2-4-8)9-5-6-12-13-9;1-2-3-6-4-5-8-7-6/h1-6H,(H2,11,14)(H,12,13);2,4-5H,1,3H2. The molecule has 1 aromatic carbocycles. The summed E-state index contributed by atoms with van der Waals surface area (Å²) in [5.41, 5.74) is 8.64. The van der Waals surface area contributed by atoms with E-state index in [0.29, 0.717) is 5.56 Å². The number of carbonyl (C=O) groups is 1. The van der Waals surface area contributed by atoms with Gasteiger partial charge in [0.15, 0.2) is 0 Å². The minimum absolute atomic E-state index is 0.416. The number of allylic oxidation sites excluding steroid dienone is 1. The van der Waals surface area contributed by atoms with Crippen molar-refractivity contribution in [3.05, 3.63) is 71.9 Å². The van der Waals surface area contributed by atoms with E-state index in [-0.39, 0.29) is 0 Å². The summed E-state index contributed by atoms with van der Waals surface area (Å²) in [6.45, 7) is 3.60. The Hall–Kier alpha value is -2.73. The molecule has 5 nitrogen and oxygen atoms in total. The predicted molar refractivity (Wildman–Crippen MR) is 88.6 cm³/mol. The molecule has 0 radical (unpaired) electrons. The number of hydrogen-bond donors (Lipinski definition) is 2. The van der Waals surface area contributed by atoms with Gasteiger partial charge in [-0.3, -0.25) is 9.89 Å². The maximum Gasteiger partial charge on any atom is 0.248 e. The van der Waals surface area contributed by atoms with Crippen LogP contribution >= 0.6 is 11.5 Å². The third kappa shape index (κ3) is 4.39. The van der Waals surface area contributed by atoms with Gasteiger partial charge in [-0.2, -0.15) is 9.47 Å². The van der Waals surface area contributed by atoms with Crippen LogP contribution in [0, 0.1) is 0 Å². The summed E-state index contributed by atoms with van der Waals surface area (Å²) in [7, 11) is 0. The van der Waals surface area contributed by atoms with Crippen molar-refractivity contribution in [2.75, 3.05) is 0 Å².